The fourth-order valence-electron chi connectivity index (χ4n) is 10.0. The van der Waals surface area contributed by atoms with E-state index in [2.05, 4.69) is 43.5 Å². The van der Waals surface area contributed by atoms with E-state index in [1.807, 2.05) is 0 Å². The molecule has 0 heterocycles. The molecule has 0 fully saturated rings. The van der Waals surface area contributed by atoms with Crippen molar-refractivity contribution in [2.24, 2.45) is 0 Å². The summed E-state index contributed by atoms with van der Waals surface area (Å²) in [6.45, 7) is 4.96. The molecule has 2 atom stereocenters. The van der Waals surface area contributed by atoms with Crippen LogP contribution in [0.2, 0.25) is 0 Å². The summed E-state index contributed by atoms with van der Waals surface area (Å²) in [5.74, 6) is -0.0353. The summed E-state index contributed by atoms with van der Waals surface area (Å²) in [6.07, 6.45) is 74.7. The third kappa shape index (κ3) is 57.5. The number of rotatable bonds is 60. The smallest absolute Gasteiger partial charge is 0.305 e. The van der Waals surface area contributed by atoms with Crippen LogP contribution in [-0.2, 0) is 14.3 Å². The van der Waals surface area contributed by atoms with Crippen molar-refractivity contribution in [2.75, 3.05) is 13.2 Å². The van der Waals surface area contributed by atoms with E-state index < -0.39 is 12.1 Å². The number of carbonyl (C=O) groups is 2. The number of aliphatic hydroxyl groups is 2. The molecule has 0 aliphatic rings. The number of nitrogens with one attached hydrogen (secondary N) is 1. The quantitative estimate of drug-likeness (QED) is 0.0320. The van der Waals surface area contributed by atoms with Gasteiger partial charge in [-0.3, -0.25) is 9.59 Å². The van der Waals surface area contributed by atoms with E-state index in [-0.39, 0.29) is 18.5 Å². The summed E-state index contributed by atoms with van der Waals surface area (Å²) in [7, 11) is 0. The lowest BCUT2D eigenvalue weighted by Gasteiger charge is -2.22. The van der Waals surface area contributed by atoms with Crippen molar-refractivity contribution in [1.82, 2.24) is 5.32 Å². The van der Waals surface area contributed by atoms with E-state index >= 15 is 0 Å². The minimum atomic E-state index is -0.669. The number of carbonyl (C=O) groups excluding carboxylic acids is 2. The second-order valence-electron chi connectivity index (χ2n) is 22.1. The molecular weight excluding hydrogens is 875 g/mol. The SMILES string of the molecule is CCCCCCCC/C=C\CCCCCCCCCCCC(=O)OCCCCCCCCCCC/C=C\CCCCCCCCCC(=O)NC(CO)C(O)CCCCCCCCCCCCCCCCC. The minimum Gasteiger partial charge on any atom is -0.466 e. The third-order valence-electron chi connectivity index (χ3n) is 15.0. The van der Waals surface area contributed by atoms with Crippen molar-refractivity contribution >= 4 is 11.9 Å². The van der Waals surface area contributed by atoms with E-state index in [0.717, 1.165) is 44.9 Å². The van der Waals surface area contributed by atoms with Gasteiger partial charge in [0.15, 0.2) is 0 Å². The highest BCUT2D eigenvalue weighted by atomic mass is 16.5. The van der Waals surface area contributed by atoms with Gasteiger partial charge in [-0.05, 0) is 77.0 Å². The topological polar surface area (TPSA) is 95.9 Å². The van der Waals surface area contributed by atoms with Gasteiger partial charge in [-0.15, -0.1) is 0 Å². The van der Waals surface area contributed by atoms with Gasteiger partial charge in [-0.25, -0.2) is 0 Å². The first-order chi connectivity index (χ1) is 35.0. The zero-order chi connectivity index (χ0) is 51.4. The van der Waals surface area contributed by atoms with Crippen molar-refractivity contribution in [3.05, 3.63) is 24.3 Å². The lowest BCUT2D eigenvalue weighted by molar-refractivity contribution is -0.143. The predicted octanol–water partition coefficient (Wildman–Crippen LogP) is 20.2. The molecule has 6 heteroatoms. The Morgan fingerprint density at radius 2 is 0.662 bits per heavy atom. The van der Waals surface area contributed by atoms with E-state index in [1.165, 1.54) is 276 Å². The molecule has 3 N–H and O–H groups in total. The number of hydrogen-bond acceptors (Lipinski definition) is 5. The molecule has 6 nitrogen and oxygen atoms in total. The summed E-state index contributed by atoms with van der Waals surface area (Å²) >= 11 is 0. The second-order valence-corrected chi connectivity index (χ2v) is 22.1. The number of esters is 1. The number of ether oxygens (including phenoxy) is 1. The Hall–Kier alpha value is -1.66. The van der Waals surface area contributed by atoms with Gasteiger partial charge >= 0.3 is 5.97 Å². The molecule has 0 radical (unpaired) electrons. The first-order valence-corrected chi connectivity index (χ1v) is 32.1. The number of allylic oxidation sites excluding steroid dienone is 4. The van der Waals surface area contributed by atoms with Crippen LogP contribution in [-0.4, -0.2) is 47.4 Å². The van der Waals surface area contributed by atoms with Crippen molar-refractivity contribution in [3.63, 3.8) is 0 Å². The molecular formula is C65H125NO5. The van der Waals surface area contributed by atoms with Gasteiger partial charge in [-0.2, -0.15) is 0 Å². The summed E-state index contributed by atoms with van der Waals surface area (Å²) < 4.78 is 5.50. The largest absolute Gasteiger partial charge is 0.466 e. The van der Waals surface area contributed by atoms with Crippen LogP contribution in [0, 0.1) is 0 Å². The zero-order valence-electron chi connectivity index (χ0n) is 48.0. The van der Waals surface area contributed by atoms with Crippen LogP contribution >= 0.6 is 0 Å². The van der Waals surface area contributed by atoms with Crippen LogP contribution in [0.25, 0.3) is 0 Å². The maximum absolute atomic E-state index is 12.5. The minimum absolute atomic E-state index is 0.00639. The van der Waals surface area contributed by atoms with E-state index in [1.54, 1.807) is 0 Å². The fraction of sp³-hybridized carbons (Fsp3) is 0.908. The van der Waals surface area contributed by atoms with Crippen molar-refractivity contribution in [3.8, 4) is 0 Å². The molecule has 2 unspecified atom stereocenters. The molecule has 71 heavy (non-hydrogen) atoms. The van der Waals surface area contributed by atoms with Crippen molar-refractivity contribution < 1.29 is 24.5 Å². The molecule has 0 aromatic rings. The van der Waals surface area contributed by atoms with Gasteiger partial charge < -0.3 is 20.3 Å². The van der Waals surface area contributed by atoms with Gasteiger partial charge in [0.25, 0.3) is 0 Å². The molecule has 0 saturated carbocycles. The molecule has 0 saturated heterocycles. The van der Waals surface area contributed by atoms with Crippen LogP contribution in [0.5, 0.6) is 0 Å². The molecule has 0 spiro atoms. The Kier molecular flexibility index (Phi) is 59.5. The first kappa shape index (κ1) is 69.3. The highest BCUT2D eigenvalue weighted by Crippen LogP contribution is 2.18. The summed E-state index contributed by atoms with van der Waals surface area (Å²) in [5, 5.41) is 23.3. The molecule has 1 amide bonds. The van der Waals surface area contributed by atoms with E-state index in [4.69, 9.17) is 4.74 Å². The number of unbranched alkanes of at least 4 members (excludes halogenated alkanes) is 45. The number of hydrogen-bond donors (Lipinski definition) is 3. The summed E-state index contributed by atoms with van der Waals surface area (Å²) in [5.41, 5.74) is 0. The summed E-state index contributed by atoms with van der Waals surface area (Å²) in [6, 6.07) is -0.548. The maximum Gasteiger partial charge on any atom is 0.305 e. The Morgan fingerprint density at radius 1 is 0.380 bits per heavy atom. The van der Waals surface area contributed by atoms with Gasteiger partial charge in [0.05, 0.1) is 25.4 Å². The fourth-order valence-corrected chi connectivity index (χ4v) is 10.0. The monoisotopic (exact) mass is 1000 g/mol. The lowest BCUT2D eigenvalue weighted by Crippen LogP contribution is -2.45. The van der Waals surface area contributed by atoms with Crippen LogP contribution in [0.15, 0.2) is 24.3 Å². The molecule has 420 valence electrons. The van der Waals surface area contributed by atoms with Crippen LogP contribution in [0.4, 0.5) is 0 Å². The maximum atomic E-state index is 12.5. The van der Waals surface area contributed by atoms with E-state index in [0.29, 0.717) is 25.9 Å². The lowest BCUT2D eigenvalue weighted by atomic mass is 10.0. The molecule has 0 aliphatic carbocycles. The van der Waals surface area contributed by atoms with Gasteiger partial charge in [-0.1, -0.05) is 289 Å². The van der Waals surface area contributed by atoms with Gasteiger partial charge in [0, 0.05) is 12.8 Å². The van der Waals surface area contributed by atoms with Crippen LogP contribution in [0.3, 0.4) is 0 Å². The molecule has 0 aromatic carbocycles. The standard InChI is InChI=1S/C65H125NO5/c1-3-5-7-9-11-13-15-17-19-20-23-27-31-35-39-43-47-51-55-59-65(70)71-60-56-52-48-44-40-36-32-28-25-22-21-24-26-30-34-38-42-46-50-54-58-64(69)66-62(61-67)63(68)57-53-49-45-41-37-33-29-18-16-14-12-10-8-6-4-2/h17,19,21,24,62-63,67-68H,3-16,18,20,22-23,25-61H2,1-2H3,(H,66,69)/b19-17-,24-21-. The Balaban J connectivity index is 3.41. The molecule has 0 aromatic heterocycles. The van der Waals surface area contributed by atoms with E-state index in [9.17, 15) is 19.8 Å². The zero-order valence-corrected chi connectivity index (χ0v) is 48.0. The molecule has 0 aliphatic heterocycles. The Labute approximate surface area is 443 Å². The Bertz CT molecular complexity index is 1110. The third-order valence-corrected chi connectivity index (χ3v) is 15.0. The highest BCUT2D eigenvalue weighted by molar-refractivity contribution is 5.76. The van der Waals surface area contributed by atoms with Crippen LogP contribution < -0.4 is 5.32 Å². The Morgan fingerprint density at radius 3 is 1.00 bits per heavy atom. The van der Waals surface area contributed by atoms with Gasteiger partial charge in [0.2, 0.25) is 5.91 Å². The summed E-state index contributed by atoms with van der Waals surface area (Å²) in [4.78, 5) is 24.6. The number of amides is 1. The normalized spacial score (nSPS) is 12.7. The second kappa shape index (κ2) is 60.9. The molecule has 0 rings (SSSR count). The number of aliphatic hydroxyl groups excluding tert-OH is 2. The predicted molar refractivity (Wildman–Crippen MR) is 310 cm³/mol. The first-order valence-electron chi connectivity index (χ1n) is 32.1. The van der Waals surface area contributed by atoms with Crippen LogP contribution in [0.1, 0.15) is 354 Å². The highest BCUT2D eigenvalue weighted by Gasteiger charge is 2.20. The van der Waals surface area contributed by atoms with Crippen molar-refractivity contribution in [1.29, 1.82) is 0 Å². The van der Waals surface area contributed by atoms with Gasteiger partial charge in [0.1, 0.15) is 0 Å². The average molecular weight is 1000 g/mol. The molecule has 0 bridgehead atoms. The van der Waals surface area contributed by atoms with Crippen molar-refractivity contribution in [2.45, 2.75) is 366 Å². The average Bonchev–Trinajstić information content (AvgIpc) is 3.37.